The fourth-order valence-corrected chi connectivity index (χ4v) is 2.65. The van der Waals surface area contributed by atoms with Gasteiger partial charge < -0.3 is 0 Å². The second-order valence-corrected chi connectivity index (χ2v) is 4.94. The fourth-order valence-electron chi connectivity index (χ4n) is 1.81. The van der Waals surface area contributed by atoms with E-state index in [0.29, 0.717) is 0 Å². The summed E-state index contributed by atoms with van der Waals surface area (Å²) >= 11 is 1.50. The number of hydrogen-bond acceptors (Lipinski definition) is 5. The smallest absolute Gasteiger partial charge is 0.265 e. The normalized spacial score (nSPS) is 10.4. The SMILES string of the molecule is O=[N+]([O-])c1cccc(-c2csc(-c3ccncc3)n2)c1. The molecule has 0 fully saturated rings. The predicted molar refractivity (Wildman–Crippen MR) is 77.4 cm³/mol. The van der Waals surface area contributed by atoms with Crippen LogP contribution >= 0.6 is 11.3 Å². The van der Waals surface area contributed by atoms with Gasteiger partial charge in [-0.3, -0.25) is 15.1 Å². The maximum atomic E-state index is 10.8. The third kappa shape index (κ3) is 2.41. The summed E-state index contributed by atoms with van der Waals surface area (Å²) in [6.45, 7) is 0. The highest BCUT2D eigenvalue weighted by atomic mass is 32.1. The van der Waals surface area contributed by atoms with Gasteiger partial charge in [0, 0.05) is 41.0 Å². The van der Waals surface area contributed by atoms with E-state index in [-0.39, 0.29) is 5.69 Å². The monoisotopic (exact) mass is 283 g/mol. The van der Waals surface area contributed by atoms with Crippen LogP contribution < -0.4 is 0 Å². The van der Waals surface area contributed by atoms with Gasteiger partial charge in [-0.25, -0.2) is 4.98 Å². The molecule has 0 aliphatic heterocycles. The van der Waals surface area contributed by atoms with Gasteiger partial charge in [0.1, 0.15) is 5.01 Å². The molecule has 1 aromatic carbocycles. The van der Waals surface area contributed by atoms with E-state index in [2.05, 4.69) is 9.97 Å². The van der Waals surface area contributed by atoms with Crippen LogP contribution in [-0.2, 0) is 0 Å². The van der Waals surface area contributed by atoms with Crippen LogP contribution in [-0.4, -0.2) is 14.9 Å². The molecule has 0 atom stereocenters. The van der Waals surface area contributed by atoms with Crippen LogP contribution in [0.25, 0.3) is 21.8 Å². The molecule has 2 heterocycles. The Morgan fingerprint density at radius 3 is 2.65 bits per heavy atom. The first-order chi connectivity index (χ1) is 9.74. The lowest BCUT2D eigenvalue weighted by molar-refractivity contribution is -0.384. The molecule has 0 spiro atoms. The zero-order valence-corrected chi connectivity index (χ0v) is 11.1. The van der Waals surface area contributed by atoms with Crippen LogP contribution in [0.15, 0.2) is 54.2 Å². The molecular weight excluding hydrogens is 274 g/mol. The molecule has 98 valence electrons. The van der Waals surface area contributed by atoms with Crippen molar-refractivity contribution in [3.63, 3.8) is 0 Å². The molecule has 3 aromatic rings. The van der Waals surface area contributed by atoms with Gasteiger partial charge in [-0.05, 0) is 12.1 Å². The zero-order valence-electron chi connectivity index (χ0n) is 10.3. The highest BCUT2D eigenvalue weighted by Gasteiger charge is 2.10. The molecule has 0 N–H and O–H groups in total. The maximum Gasteiger partial charge on any atom is 0.270 e. The van der Waals surface area contributed by atoms with Gasteiger partial charge in [0.25, 0.3) is 5.69 Å². The summed E-state index contributed by atoms with van der Waals surface area (Å²) in [7, 11) is 0. The molecule has 0 bridgehead atoms. The van der Waals surface area contributed by atoms with Crippen molar-refractivity contribution >= 4 is 17.0 Å². The number of hydrogen-bond donors (Lipinski definition) is 0. The molecule has 2 aromatic heterocycles. The number of rotatable bonds is 3. The number of aromatic nitrogens is 2. The van der Waals surface area contributed by atoms with Crippen LogP contribution in [0.1, 0.15) is 0 Å². The van der Waals surface area contributed by atoms with Crippen molar-refractivity contribution in [2.75, 3.05) is 0 Å². The maximum absolute atomic E-state index is 10.8. The number of thiazole rings is 1. The summed E-state index contributed by atoms with van der Waals surface area (Å²) < 4.78 is 0. The Morgan fingerprint density at radius 2 is 1.90 bits per heavy atom. The van der Waals surface area contributed by atoms with Crippen molar-refractivity contribution in [2.45, 2.75) is 0 Å². The van der Waals surface area contributed by atoms with Crippen molar-refractivity contribution in [2.24, 2.45) is 0 Å². The lowest BCUT2D eigenvalue weighted by Crippen LogP contribution is -1.88. The van der Waals surface area contributed by atoms with Crippen LogP contribution in [0, 0.1) is 10.1 Å². The van der Waals surface area contributed by atoms with E-state index >= 15 is 0 Å². The van der Waals surface area contributed by atoms with Crippen molar-refractivity contribution in [3.05, 3.63) is 64.3 Å². The van der Waals surface area contributed by atoms with E-state index in [0.717, 1.165) is 21.8 Å². The zero-order chi connectivity index (χ0) is 13.9. The molecule has 0 radical (unpaired) electrons. The van der Waals surface area contributed by atoms with Gasteiger partial charge >= 0.3 is 0 Å². The van der Waals surface area contributed by atoms with E-state index in [9.17, 15) is 10.1 Å². The first kappa shape index (κ1) is 12.4. The Labute approximate surface area is 118 Å². The predicted octanol–water partition coefficient (Wildman–Crippen LogP) is 3.78. The molecule has 20 heavy (non-hydrogen) atoms. The minimum atomic E-state index is -0.403. The summed E-state index contributed by atoms with van der Waals surface area (Å²) in [5.74, 6) is 0. The van der Waals surface area contributed by atoms with E-state index in [1.807, 2.05) is 23.6 Å². The summed E-state index contributed by atoms with van der Waals surface area (Å²) in [6, 6.07) is 10.3. The molecule has 0 aliphatic rings. The number of nitro groups is 1. The van der Waals surface area contributed by atoms with Crippen LogP contribution in [0.2, 0.25) is 0 Å². The first-order valence-corrected chi connectivity index (χ1v) is 6.73. The average Bonchev–Trinajstić information content (AvgIpc) is 2.98. The molecule has 0 aliphatic carbocycles. The minimum absolute atomic E-state index is 0.0703. The molecule has 0 amide bonds. The van der Waals surface area contributed by atoms with E-state index < -0.39 is 4.92 Å². The van der Waals surface area contributed by atoms with Gasteiger partial charge in [-0.15, -0.1) is 11.3 Å². The van der Waals surface area contributed by atoms with Gasteiger partial charge in [0.15, 0.2) is 0 Å². The van der Waals surface area contributed by atoms with Crippen LogP contribution in [0.5, 0.6) is 0 Å². The highest BCUT2D eigenvalue weighted by molar-refractivity contribution is 7.13. The number of benzene rings is 1. The van der Waals surface area contributed by atoms with Crippen molar-refractivity contribution < 1.29 is 4.92 Å². The van der Waals surface area contributed by atoms with E-state index in [4.69, 9.17) is 0 Å². The Hall–Kier alpha value is -2.60. The molecule has 5 nitrogen and oxygen atoms in total. The molecular formula is C14H9N3O2S. The first-order valence-electron chi connectivity index (χ1n) is 5.85. The summed E-state index contributed by atoms with van der Waals surface area (Å²) in [5.41, 5.74) is 2.55. The third-order valence-corrected chi connectivity index (χ3v) is 3.68. The summed E-state index contributed by atoms with van der Waals surface area (Å²) in [4.78, 5) is 18.9. The Kier molecular flexibility index (Phi) is 3.22. The average molecular weight is 283 g/mol. The third-order valence-electron chi connectivity index (χ3n) is 2.78. The summed E-state index contributed by atoms with van der Waals surface area (Å²) in [6.07, 6.45) is 3.42. The number of nitrogens with zero attached hydrogens (tertiary/aromatic N) is 3. The Bertz CT molecular complexity index is 756. The lowest BCUT2D eigenvalue weighted by Gasteiger charge is -1.97. The van der Waals surface area contributed by atoms with E-state index in [1.165, 1.54) is 23.5 Å². The van der Waals surface area contributed by atoms with Gasteiger partial charge in [-0.2, -0.15) is 0 Å². The minimum Gasteiger partial charge on any atom is -0.265 e. The molecule has 6 heteroatoms. The molecule has 0 unspecified atom stereocenters. The number of pyridine rings is 1. The van der Waals surface area contributed by atoms with Crippen LogP contribution in [0.3, 0.4) is 0 Å². The highest BCUT2D eigenvalue weighted by Crippen LogP contribution is 2.29. The standard InChI is InChI=1S/C14H9N3O2S/c18-17(19)12-3-1-2-11(8-12)13-9-20-14(16-13)10-4-6-15-7-5-10/h1-9H. The molecule has 0 saturated heterocycles. The topological polar surface area (TPSA) is 68.9 Å². The Balaban J connectivity index is 1.98. The van der Waals surface area contributed by atoms with Crippen molar-refractivity contribution in [1.29, 1.82) is 0 Å². The van der Waals surface area contributed by atoms with Gasteiger partial charge in [0.2, 0.25) is 0 Å². The summed E-state index contributed by atoms with van der Waals surface area (Å²) in [5, 5.41) is 13.6. The fraction of sp³-hybridized carbons (Fsp3) is 0. The second-order valence-electron chi connectivity index (χ2n) is 4.08. The van der Waals surface area contributed by atoms with Crippen LogP contribution in [0.4, 0.5) is 5.69 Å². The largest absolute Gasteiger partial charge is 0.270 e. The molecule has 3 rings (SSSR count). The number of nitro benzene ring substituents is 1. The van der Waals surface area contributed by atoms with Crippen molar-refractivity contribution in [1.82, 2.24) is 9.97 Å². The van der Waals surface area contributed by atoms with Gasteiger partial charge in [0.05, 0.1) is 10.6 Å². The second kappa shape index (κ2) is 5.18. The van der Waals surface area contributed by atoms with Gasteiger partial charge in [-0.1, -0.05) is 12.1 Å². The molecule has 0 saturated carbocycles. The quantitative estimate of drug-likeness (QED) is 0.542. The van der Waals surface area contributed by atoms with Crippen molar-refractivity contribution in [3.8, 4) is 21.8 Å². The number of non-ortho nitro benzene ring substituents is 1. The van der Waals surface area contributed by atoms with E-state index in [1.54, 1.807) is 18.5 Å². The lowest BCUT2D eigenvalue weighted by atomic mass is 10.1. The Morgan fingerprint density at radius 1 is 1.10 bits per heavy atom.